The first-order chi connectivity index (χ1) is 6.99. The summed E-state index contributed by atoms with van der Waals surface area (Å²) >= 11 is 0. The fourth-order valence-corrected chi connectivity index (χ4v) is 2.80. The third-order valence-electron chi connectivity index (χ3n) is 3.44. The molecule has 1 heteroatoms. The van der Waals surface area contributed by atoms with E-state index in [0.29, 0.717) is 0 Å². The number of nitrogens with zero attached hydrogens (tertiary/aromatic N) is 1. The fourth-order valence-electron chi connectivity index (χ4n) is 2.80. The van der Waals surface area contributed by atoms with E-state index in [1.54, 1.807) is 0 Å². The summed E-state index contributed by atoms with van der Waals surface area (Å²) in [6.45, 7) is 14.4. The minimum Gasteiger partial charge on any atom is -0.300 e. The van der Waals surface area contributed by atoms with Crippen LogP contribution < -0.4 is 0 Å². The van der Waals surface area contributed by atoms with Crippen LogP contribution in [-0.2, 0) is 0 Å². The van der Waals surface area contributed by atoms with Crippen molar-refractivity contribution in [1.29, 1.82) is 0 Å². The normalized spacial score (nSPS) is 29.0. The van der Waals surface area contributed by atoms with Crippen molar-refractivity contribution in [2.45, 2.75) is 59.9 Å². The predicted octanol–water partition coefficient (Wildman–Crippen LogP) is 3.79. The Kier molecular flexibility index (Phi) is 5.11. The van der Waals surface area contributed by atoms with Crippen LogP contribution >= 0.6 is 0 Å². The molecule has 1 rings (SSSR count). The molecule has 0 spiro atoms. The summed E-state index contributed by atoms with van der Waals surface area (Å²) in [5, 5.41) is 0. The zero-order chi connectivity index (χ0) is 11.4. The molecule has 1 aliphatic heterocycles. The van der Waals surface area contributed by atoms with Crippen LogP contribution in [0.1, 0.15) is 53.9 Å². The van der Waals surface area contributed by atoms with Crippen LogP contribution in [0.2, 0.25) is 0 Å². The van der Waals surface area contributed by atoms with Crippen molar-refractivity contribution in [3.63, 3.8) is 0 Å². The fraction of sp³-hybridized carbons (Fsp3) is 1.00. The highest BCUT2D eigenvalue weighted by Crippen LogP contribution is 2.27. The number of hydrogen-bond acceptors (Lipinski definition) is 1. The van der Waals surface area contributed by atoms with Crippen LogP contribution in [0.4, 0.5) is 0 Å². The molecule has 0 radical (unpaired) electrons. The van der Waals surface area contributed by atoms with Crippen molar-refractivity contribution >= 4 is 0 Å². The van der Waals surface area contributed by atoms with Gasteiger partial charge in [-0.25, -0.2) is 0 Å². The van der Waals surface area contributed by atoms with Gasteiger partial charge in [-0.05, 0) is 43.6 Å². The summed E-state index contributed by atoms with van der Waals surface area (Å²) in [5.74, 6) is 2.60. The Hall–Kier alpha value is -0.0400. The van der Waals surface area contributed by atoms with Gasteiger partial charge in [-0.2, -0.15) is 0 Å². The Morgan fingerprint density at radius 3 is 2.33 bits per heavy atom. The zero-order valence-corrected chi connectivity index (χ0v) is 11.3. The highest BCUT2D eigenvalue weighted by molar-refractivity contribution is 4.81. The lowest BCUT2D eigenvalue weighted by Crippen LogP contribution is -2.44. The molecule has 0 saturated carbocycles. The average molecular weight is 211 g/mol. The van der Waals surface area contributed by atoms with E-state index >= 15 is 0 Å². The maximum Gasteiger partial charge on any atom is 0.0100 e. The molecule has 0 amide bonds. The van der Waals surface area contributed by atoms with E-state index in [1.807, 2.05) is 0 Å². The van der Waals surface area contributed by atoms with Gasteiger partial charge in [0.15, 0.2) is 0 Å². The molecule has 1 fully saturated rings. The highest BCUT2D eigenvalue weighted by atomic mass is 15.2. The Labute approximate surface area is 96.2 Å². The summed E-state index contributed by atoms with van der Waals surface area (Å²) in [4.78, 5) is 2.74. The first-order valence-electron chi connectivity index (χ1n) is 6.73. The SMILES string of the molecule is CC(C)CC1CC(C)CCN1CC(C)C. The second-order valence-corrected chi connectivity index (χ2v) is 6.30. The lowest BCUT2D eigenvalue weighted by molar-refractivity contribution is 0.0899. The minimum absolute atomic E-state index is 0.813. The quantitative estimate of drug-likeness (QED) is 0.684. The molecule has 1 nitrogen and oxygen atoms in total. The molecule has 15 heavy (non-hydrogen) atoms. The summed E-state index contributed by atoms with van der Waals surface area (Å²) < 4.78 is 0. The van der Waals surface area contributed by atoms with Crippen molar-refractivity contribution in [3.8, 4) is 0 Å². The van der Waals surface area contributed by atoms with Crippen molar-refractivity contribution < 1.29 is 0 Å². The lowest BCUT2D eigenvalue weighted by Gasteiger charge is -2.40. The van der Waals surface area contributed by atoms with Crippen LogP contribution in [0.25, 0.3) is 0 Å². The van der Waals surface area contributed by atoms with E-state index in [-0.39, 0.29) is 0 Å². The molecule has 0 aromatic carbocycles. The first kappa shape index (κ1) is 13.0. The van der Waals surface area contributed by atoms with E-state index in [9.17, 15) is 0 Å². The monoisotopic (exact) mass is 211 g/mol. The van der Waals surface area contributed by atoms with Crippen LogP contribution in [-0.4, -0.2) is 24.0 Å². The Bertz CT molecular complexity index is 172. The van der Waals surface area contributed by atoms with E-state index in [4.69, 9.17) is 0 Å². The Balaban J connectivity index is 2.50. The maximum absolute atomic E-state index is 2.74. The van der Waals surface area contributed by atoms with Crippen LogP contribution in [0, 0.1) is 17.8 Å². The van der Waals surface area contributed by atoms with Crippen molar-refractivity contribution in [3.05, 3.63) is 0 Å². The average Bonchev–Trinajstić information content (AvgIpc) is 2.08. The van der Waals surface area contributed by atoms with Crippen molar-refractivity contribution in [1.82, 2.24) is 4.90 Å². The van der Waals surface area contributed by atoms with Crippen molar-refractivity contribution in [2.75, 3.05) is 13.1 Å². The second-order valence-electron chi connectivity index (χ2n) is 6.30. The third-order valence-corrected chi connectivity index (χ3v) is 3.44. The molecule has 0 aromatic rings. The zero-order valence-electron chi connectivity index (χ0n) is 11.3. The summed E-state index contributed by atoms with van der Waals surface area (Å²) in [6, 6.07) is 0.858. The molecule has 2 unspecified atom stereocenters. The van der Waals surface area contributed by atoms with Gasteiger partial charge in [0.2, 0.25) is 0 Å². The minimum atomic E-state index is 0.813. The van der Waals surface area contributed by atoms with Gasteiger partial charge in [0.1, 0.15) is 0 Å². The van der Waals surface area contributed by atoms with Gasteiger partial charge in [-0.1, -0.05) is 34.6 Å². The number of likely N-dealkylation sites (tertiary alicyclic amines) is 1. The maximum atomic E-state index is 2.74. The molecule has 90 valence electrons. The molecule has 0 N–H and O–H groups in total. The molecule has 0 aliphatic carbocycles. The van der Waals surface area contributed by atoms with Gasteiger partial charge in [0, 0.05) is 12.6 Å². The predicted molar refractivity (Wildman–Crippen MR) is 68.1 cm³/mol. The molecular weight excluding hydrogens is 182 g/mol. The van der Waals surface area contributed by atoms with Gasteiger partial charge >= 0.3 is 0 Å². The van der Waals surface area contributed by atoms with Crippen LogP contribution in [0.5, 0.6) is 0 Å². The highest BCUT2D eigenvalue weighted by Gasteiger charge is 2.26. The number of rotatable bonds is 4. The molecule has 0 bridgehead atoms. The number of piperidine rings is 1. The molecule has 1 saturated heterocycles. The standard InChI is InChI=1S/C14H29N/c1-11(2)8-14-9-13(5)6-7-15(14)10-12(3)4/h11-14H,6-10H2,1-5H3. The first-order valence-corrected chi connectivity index (χ1v) is 6.73. The van der Waals surface area contributed by atoms with E-state index in [0.717, 1.165) is 23.8 Å². The smallest absolute Gasteiger partial charge is 0.0100 e. The molecule has 1 heterocycles. The third kappa shape index (κ3) is 4.55. The van der Waals surface area contributed by atoms with Crippen LogP contribution in [0.3, 0.4) is 0 Å². The Morgan fingerprint density at radius 1 is 1.13 bits per heavy atom. The molecule has 1 aliphatic rings. The lowest BCUT2D eigenvalue weighted by atomic mass is 9.87. The van der Waals surface area contributed by atoms with Gasteiger partial charge in [0.05, 0.1) is 0 Å². The van der Waals surface area contributed by atoms with Gasteiger partial charge in [-0.15, -0.1) is 0 Å². The summed E-state index contributed by atoms with van der Waals surface area (Å²) in [5.41, 5.74) is 0. The summed E-state index contributed by atoms with van der Waals surface area (Å²) in [6.07, 6.45) is 4.21. The van der Waals surface area contributed by atoms with Crippen LogP contribution in [0.15, 0.2) is 0 Å². The van der Waals surface area contributed by atoms with Gasteiger partial charge in [0.25, 0.3) is 0 Å². The second kappa shape index (κ2) is 5.89. The van der Waals surface area contributed by atoms with Crippen molar-refractivity contribution in [2.24, 2.45) is 17.8 Å². The summed E-state index contributed by atoms with van der Waals surface area (Å²) in [7, 11) is 0. The molecule has 0 aromatic heterocycles. The Morgan fingerprint density at radius 2 is 1.80 bits per heavy atom. The van der Waals surface area contributed by atoms with Gasteiger partial charge in [-0.3, -0.25) is 0 Å². The molecular formula is C14H29N. The van der Waals surface area contributed by atoms with Gasteiger partial charge < -0.3 is 4.90 Å². The topological polar surface area (TPSA) is 3.24 Å². The van der Waals surface area contributed by atoms with E-state index < -0.39 is 0 Å². The van der Waals surface area contributed by atoms with E-state index in [1.165, 1.54) is 32.4 Å². The largest absolute Gasteiger partial charge is 0.300 e. The molecule has 2 atom stereocenters. The number of hydrogen-bond donors (Lipinski definition) is 0. The van der Waals surface area contributed by atoms with E-state index in [2.05, 4.69) is 39.5 Å².